The average Bonchev–Trinajstić information content (AvgIpc) is 2.56. The lowest BCUT2D eigenvalue weighted by Gasteiger charge is -2.26. The zero-order valence-corrected chi connectivity index (χ0v) is 13.1. The van der Waals surface area contributed by atoms with E-state index in [2.05, 4.69) is 10.2 Å². The number of hydrogen-bond donors (Lipinski definition) is 1. The summed E-state index contributed by atoms with van der Waals surface area (Å²) < 4.78 is 45.5. The van der Waals surface area contributed by atoms with Crippen molar-refractivity contribution >= 4 is 0 Å². The molecule has 24 heavy (non-hydrogen) atoms. The first-order chi connectivity index (χ1) is 11.4. The molecule has 0 amide bonds. The van der Waals surface area contributed by atoms with Gasteiger partial charge in [-0.2, -0.15) is 18.3 Å². The summed E-state index contributed by atoms with van der Waals surface area (Å²) in [5, 5.41) is 6.29. The van der Waals surface area contributed by atoms with Gasteiger partial charge in [0.1, 0.15) is 0 Å². The number of H-pyrrole nitrogens is 1. The van der Waals surface area contributed by atoms with Crippen LogP contribution in [0.15, 0.2) is 29.1 Å². The molecule has 1 aromatic carbocycles. The molecule has 0 bridgehead atoms. The van der Waals surface area contributed by atoms with Crippen LogP contribution in [0.25, 0.3) is 11.1 Å². The van der Waals surface area contributed by atoms with E-state index in [9.17, 15) is 18.0 Å². The molecular formula is C17H17F3N2O2. The molecule has 1 saturated heterocycles. The highest BCUT2D eigenvalue weighted by molar-refractivity contribution is 5.71. The first-order valence-corrected chi connectivity index (χ1v) is 7.73. The second-order valence-electron chi connectivity index (χ2n) is 5.86. The van der Waals surface area contributed by atoms with Gasteiger partial charge in [0.25, 0.3) is 5.56 Å². The summed E-state index contributed by atoms with van der Waals surface area (Å²) in [5.74, 6) is -0.0372. The highest BCUT2D eigenvalue weighted by atomic mass is 19.4. The van der Waals surface area contributed by atoms with Gasteiger partial charge in [0.2, 0.25) is 0 Å². The fourth-order valence-electron chi connectivity index (χ4n) is 3.26. The van der Waals surface area contributed by atoms with Gasteiger partial charge in [-0.25, -0.2) is 5.10 Å². The predicted octanol–water partition coefficient (Wildman–Crippen LogP) is 3.66. The Morgan fingerprint density at radius 1 is 1.21 bits per heavy atom. The van der Waals surface area contributed by atoms with Crippen molar-refractivity contribution in [2.45, 2.75) is 31.9 Å². The second kappa shape index (κ2) is 6.39. The highest BCUT2D eigenvalue weighted by Crippen LogP contribution is 2.40. The number of aromatic nitrogens is 2. The smallest absolute Gasteiger partial charge is 0.381 e. The summed E-state index contributed by atoms with van der Waals surface area (Å²) in [5.41, 5.74) is -0.291. The van der Waals surface area contributed by atoms with Gasteiger partial charge in [-0.05, 0) is 42.9 Å². The summed E-state index contributed by atoms with van der Waals surface area (Å²) >= 11 is 0. The molecule has 1 aromatic heterocycles. The van der Waals surface area contributed by atoms with Crippen molar-refractivity contribution in [2.75, 3.05) is 13.2 Å². The van der Waals surface area contributed by atoms with Crippen LogP contribution in [0.4, 0.5) is 13.2 Å². The van der Waals surface area contributed by atoms with Gasteiger partial charge in [-0.15, -0.1) is 0 Å². The van der Waals surface area contributed by atoms with Crippen LogP contribution in [0.2, 0.25) is 0 Å². The number of ether oxygens (including phenoxy) is 1. The van der Waals surface area contributed by atoms with Gasteiger partial charge in [-0.1, -0.05) is 18.2 Å². The molecule has 0 spiro atoms. The normalized spacial score (nSPS) is 16.3. The van der Waals surface area contributed by atoms with Gasteiger partial charge >= 0.3 is 6.18 Å². The molecule has 1 aliphatic heterocycles. The maximum atomic E-state index is 13.4. The highest BCUT2D eigenvalue weighted by Gasteiger charge is 2.35. The van der Waals surface area contributed by atoms with Crippen molar-refractivity contribution in [2.24, 2.45) is 0 Å². The van der Waals surface area contributed by atoms with Gasteiger partial charge in [0.15, 0.2) is 0 Å². The van der Waals surface area contributed by atoms with E-state index < -0.39 is 17.3 Å². The predicted molar refractivity (Wildman–Crippen MR) is 82.8 cm³/mol. The number of rotatable bonds is 2. The van der Waals surface area contributed by atoms with E-state index in [0.29, 0.717) is 37.3 Å². The summed E-state index contributed by atoms with van der Waals surface area (Å²) in [6.07, 6.45) is -3.21. The molecular weight excluding hydrogens is 321 g/mol. The lowest BCUT2D eigenvalue weighted by atomic mass is 9.84. The van der Waals surface area contributed by atoms with Crippen molar-refractivity contribution in [1.29, 1.82) is 0 Å². The van der Waals surface area contributed by atoms with Crippen LogP contribution in [-0.4, -0.2) is 23.4 Å². The third kappa shape index (κ3) is 3.08. The largest absolute Gasteiger partial charge is 0.417 e. The van der Waals surface area contributed by atoms with E-state index in [1.165, 1.54) is 18.2 Å². The third-order valence-electron chi connectivity index (χ3n) is 4.34. The Balaban J connectivity index is 2.26. The SMILES string of the molecule is Cc1n[nH]c(=O)c(-c2ccccc2C(F)(F)F)c1C1CCOCC1. The number of benzene rings is 1. The number of nitrogens with zero attached hydrogens (tertiary/aromatic N) is 1. The Hall–Kier alpha value is -2.15. The maximum Gasteiger partial charge on any atom is 0.417 e. The van der Waals surface area contributed by atoms with Crippen molar-refractivity contribution in [1.82, 2.24) is 10.2 Å². The summed E-state index contributed by atoms with van der Waals surface area (Å²) in [6.45, 7) is 2.76. The fraction of sp³-hybridized carbons (Fsp3) is 0.412. The van der Waals surface area contributed by atoms with Crippen molar-refractivity contribution in [3.8, 4) is 11.1 Å². The molecule has 1 aliphatic rings. The summed E-state index contributed by atoms with van der Waals surface area (Å²) in [4.78, 5) is 12.4. The van der Waals surface area contributed by atoms with Gasteiger partial charge in [-0.3, -0.25) is 4.79 Å². The standard InChI is InChI=1S/C17H17F3N2O2/c1-10-14(11-6-8-24-9-7-11)15(16(23)22-21-10)12-4-2-3-5-13(12)17(18,19)20/h2-5,11H,6-9H2,1H3,(H,22,23). The Labute approximate surface area is 136 Å². The van der Waals surface area contributed by atoms with Crippen LogP contribution in [-0.2, 0) is 10.9 Å². The maximum absolute atomic E-state index is 13.4. The number of alkyl halides is 3. The van der Waals surface area contributed by atoms with Gasteiger partial charge < -0.3 is 4.74 Å². The number of nitrogens with one attached hydrogen (secondary N) is 1. The topological polar surface area (TPSA) is 55.0 Å². The molecule has 2 heterocycles. The minimum Gasteiger partial charge on any atom is -0.381 e. The molecule has 7 heteroatoms. The molecule has 0 saturated carbocycles. The Bertz CT molecular complexity index is 793. The second-order valence-corrected chi connectivity index (χ2v) is 5.86. The van der Waals surface area contributed by atoms with Crippen LogP contribution < -0.4 is 5.56 Å². The summed E-state index contributed by atoms with van der Waals surface area (Å²) in [7, 11) is 0. The molecule has 4 nitrogen and oxygen atoms in total. The Morgan fingerprint density at radius 3 is 2.54 bits per heavy atom. The molecule has 2 aromatic rings. The molecule has 0 aliphatic carbocycles. The molecule has 0 unspecified atom stereocenters. The number of halogens is 3. The molecule has 128 valence electrons. The van der Waals surface area contributed by atoms with E-state index in [0.717, 1.165) is 6.07 Å². The molecule has 3 rings (SSSR count). The molecule has 1 fully saturated rings. The van der Waals surface area contributed by atoms with Crippen LogP contribution >= 0.6 is 0 Å². The molecule has 1 N–H and O–H groups in total. The number of aromatic amines is 1. The quantitative estimate of drug-likeness (QED) is 0.909. The van der Waals surface area contributed by atoms with Gasteiger partial charge in [0, 0.05) is 13.2 Å². The van der Waals surface area contributed by atoms with E-state index in [1.807, 2.05) is 0 Å². The van der Waals surface area contributed by atoms with Crippen molar-refractivity contribution in [3.63, 3.8) is 0 Å². The third-order valence-corrected chi connectivity index (χ3v) is 4.34. The van der Waals surface area contributed by atoms with Crippen LogP contribution in [0.3, 0.4) is 0 Å². The van der Waals surface area contributed by atoms with E-state index in [1.54, 1.807) is 6.92 Å². The zero-order chi connectivity index (χ0) is 17.3. The first-order valence-electron chi connectivity index (χ1n) is 7.73. The van der Waals surface area contributed by atoms with Crippen LogP contribution in [0, 0.1) is 6.92 Å². The monoisotopic (exact) mass is 338 g/mol. The van der Waals surface area contributed by atoms with Gasteiger partial charge in [0.05, 0.1) is 16.8 Å². The molecule has 0 atom stereocenters. The average molecular weight is 338 g/mol. The number of aryl methyl sites for hydroxylation is 1. The van der Waals surface area contributed by atoms with Crippen LogP contribution in [0.5, 0.6) is 0 Å². The first kappa shape index (κ1) is 16.7. The van der Waals surface area contributed by atoms with E-state index in [4.69, 9.17) is 4.74 Å². The molecule has 0 radical (unpaired) electrons. The van der Waals surface area contributed by atoms with Crippen LogP contribution in [0.1, 0.15) is 35.6 Å². The summed E-state index contributed by atoms with van der Waals surface area (Å²) in [6, 6.07) is 5.17. The van der Waals surface area contributed by atoms with E-state index >= 15 is 0 Å². The fourth-order valence-corrected chi connectivity index (χ4v) is 3.26. The minimum atomic E-state index is -4.53. The minimum absolute atomic E-state index is 0.0372. The lowest BCUT2D eigenvalue weighted by Crippen LogP contribution is -2.23. The van der Waals surface area contributed by atoms with Crippen molar-refractivity contribution < 1.29 is 17.9 Å². The van der Waals surface area contributed by atoms with Crippen molar-refractivity contribution in [3.05, 3.63) is 51.4 Å². The number of hydrogen-bond acceptors (Lipinski definition) is 3. The Morgan fingerprint density at radius 2 is 1.88 bits per heavy atom. The lowest BCUT2D eigenvalue weighted by molar-refractivity contribution is -0.137. The Kier molecular flexibility index (Phi) is 4.45. The van der Waals surface area contributed by atoms with E-state index in [-0.39, 0.29) is 17.0 Å². The zero-order valence-electron chi connectivity index (χ0n) is 13.1.